The van der Waals surface area contributed by atoms with E-state index >= 15 is 0 Å². The molecule has 0 saturated carbocycles. The average Bonchev–Trinajstić information content (AvgIpc) is 3.53. The molecule has 0 aliphatic carbocycles. The van der Waals surface area contributed by atoms with Crippen LogP contribution >= 0.6 is 0 Å². The van der Waals surface area contributed by atoms with Crippen molar-refractivity contribution >= 4 is 54.3 Å². The molecule has 1 heteroatoms. The summed E-state index contributed by atoms with van der Waals surface area (Å²) in [6.07, 6.45) is 0. The predicted molar refractivity (Wildman–Crippen MR) is 199 cm³/mol. The van der Waals surface area contributed by atoms with E-state index in [2.05, 4.69) is 164 Å². The Morgan fingerprint density at radius 3 is 1.53 bits per heavy atom. The first-order valence-corrected chi connectivity index (χ1v) is 16.2. The van der Waals surface area contributed by atoms with E-state index < -0.39 is 0 Å². The van der Waals surface area contributed by atoms with Gasteiger partial charge in [0.05, 0.1) is 0 Å². The van der Waals surface area contributed by atoms with Crippen molar-refractivity contribution in [2.24, 2.45) is 0 Å². The number of rotatable bonds is 4. The molecular weight excluding hydrogens is 569 g/mol. The van der Waals surface area contributed by atoms with Crippen molar-refractivity contribution in [3.05, 3.63) is 170 Å². The van der Waals surface area contributed by atoms with Crippen LogP contribution in [0.3, 0.4) is 0 Å². The number of para-hydroxylation sites is 2. The third-order valence-corrected chi connectivity index (χ3v) is 9.82. The lowest BCUT2D eigenvalue weighted by Gasteiger charge is -2.17. The van der Waals surface area contributed by atoms with Crippen LogP contribution in [-0.4, -0.2) is 0 Å². The Morgan fingerprint density at radius 1 is 0.298 bits per heavy atom. The van der Waals surface area contributed by atoms with Gasteiger partial charge in [0.25, 0.3) is 0 Å². The second-order valence-corrected chi connectivity index (χ2v) is 12.5. The fraction of sp³-hybridized carbons (Fsp3) is 0. The monoisotopic (exact) mass is 596 g/mol. The van der Waals surface area contributed by atoms with Crippen LogP contribution < -0.4 is 0 Å². The Hall–Kier alpha value is -6.18. The predicted octanol–water partition coefficient (Wildman–Crippen LogP) is 13.2. The maximum absolute atomic E-state index is 6.52. The van der Waals surface area contributed by atoms with Gasteiger partial charge >= 0.3 is 0 Å². The van der Waals surface area contributed by atoms with Crippen LogP contribution in [0.5, 0.6) is 0 Å². The lowest BCUT2D eigenvalue weighted by molar-refractivity contribution is 0.670. The molecule has 0 aliphatic heterocycles. The number of furan rings is 1. The number of benzene rings is 9. The molecule has 0 spiro atoms. The van der Waals surface area contributed by atoms with Crippen molar-refractivity contribution in [1.82, 2.24) is 0 Å². The first-order valence-electron chi connectivity index (χ1n) is 16.2. The summed E-state index contributed by atoms with van der Waals surface area (Å²) in [6.45, 7) is 0. The molecule has 10 rings (SSSR count). The molecule has 0 amide bonds. The quantitative estimate of drug-likeness (QED) is 0.184. The first-order chi connectivity index (χ1) is 23.3. The van der Waals surface area contributed by atoms with E-state index in [1.54, 1.807) is 0 Å². The number of hydrogen-bond donors (Lipinski definition) is 0. The van der Waals surface area contributed by atoms with Crippen LogP contribution in [-0.2, 0) is 0 Å². The standard InChI is InChI=1S/C46H28O/c1-3-10-29(11-4-1)33-26-34(28-35(27-33)38-15-9-16-42-39-14-7-8-17-43(39)47-46(38)42)37-23-19-32-20-24-40-36(30-12-5-2-6-13-30)22-18-31-21-25-41(37)45(32)44(31)40/h1-28H. The van der Waals surface area contributed by atoms with Gasteiger partial charge in [-0.3, -0.25) is 0 Å². The topological polar surface area (TPSA) is 13.1 Å². The minimum Gasteiger partial charge on any atom is -0.455 e. The molecule has 0 atom stereocenters. The highest BCUT2D eigenvalue weighted by Crippen LogP contribution is 2.44. The molecule has 0 radical (unpaired) electrons. The van der Waals surface area contributed by atoms with E-state index in [9.17, 15) is 0 Å². The van der Waals surface area contributed by atoms with E-state index in [0.717, 1.165) is 33.1 Å². The van der Waals surface area contributed by atoms with Crippen LogP contribution in [0.1, 0.15) is 0 Å². The molecule has 0 bridgehead atoms. The Labute approximate surface area is 272 Å². The fourth-order valence-corrected chi connectivity index (χ4v) is 7.63. The molecule has 0 saturated heterocycles. The molecule has 0 fully saturated rings. The zero-order chi connectivity index (χ0) is 30.9. The Morgan fingerprint density at radius 2 is 0.830 bits per heavy atom. The number of hydrogen-bond acceptors (Lipinski definition) is 1. The molecule has 10 aromatic rings. The smallest absolute Gasteiger partial charge is 0.143 e. The molecule has 1 aromatic heterocycles. The molecule has 1 nitrogen and oxygen atoms in total. The summed E-state index contributed by atoms with van der Waals surface area (Å²) in [6, 6.07) is 61.6. The Balaban J connectivity index is 1.25. The summed E-state index contributed by atoms with van der Waals surface area (Å²) in [7, 11) is 0. The van der Waals surface area contributed by atoms with Crippen LogP contribution in [0.25, 0.3) is 98.8 Å². The van der Waals surface area contributed by atoms with Crippen molar-refractivity contribution < 1.29 is 4.42 Å². The third-order valence-electron chi connectivity index (χ3n) is 9.82. The van der Waals surface area contributed by atoms with Crippen LogP contribution in [0.2, 0.25) is 0 Å². The molecule has 0 unspecified atom stereocenters. The SMILES string of the molecule is c1ccc(-c2cc(-c3ccc4ccc5c(-c6ccccc6)ccc6ccc3c4c65)cc(-c3cccc4c3oc3ccccc34)c2)cc1. The van der Waals surface area contributed by atoms with Crippen molar-refractivity contribution in [1.29, 1.82) is 0 Å². The third kappa shape index (κ3) is 4.03. The summed E-state index contributed by atoms with van der Waals surface area (Å²) >= 11 is 0. The number of fused-ring (bicyclic) bond motifs is 3. The molecule has 9 aromatic carbocycles. The second-order valence-electron chi connectivity index (χ2n) is 12.5. The van der Waals surface area contributed by atoms with Gasteiger partial charge in [0, 0.05) is 16.3 Å². The lowest BCUT2D eigenvalue weighted by atomic mass is 9.86. The lowest BCUT2D eigenvalue weighted by Crippen LogP contribution is -1.91. The maximum atomic E-state index is 6.52. The van der Waals surface area contributed by atoms with Gasteiger partial charge in [-0.2, -0.15) is 0 Å². The van der Waals surface area contributed by atoms with Gasteiger partial charge in [-0.05, 0) is 95.5 Å². The van der Waals surface area contributed by atoms with Crippen molar-refractivity contribution in [2.75, 3.05) is 0 Å². The zero-order valence-corrected chi connectivity index (χ0v) is 25.6. The summed E-state index contributed by atoms with van der Waals surface area (Å²) < 4.78 is 6.52. The van der Waals surface area contributed by atoms with E-state index in [1.165, 1.54) is 65.7 Å². The summed E-state index contributed by atoms with van der Waals surface area (Å²) in [5.74, 6) is 0. The fourth-order valence-electron chi connectivity index (χ4n) is 7.63. The Bertz CT molecular complexity index is 2770. The minimum absolute atomic E-state index is 0.913. The van der Waals surface area contributed by atoms with E-state index in [4.69, 9.17) is 4.42 Å². The van der Waals surface area contributed by atoms with E-state index in [1.807, 2.05) is 6.07 Å². The van der Waals surface area contributed by atoms with Crippen LogP contribution in [0, 0.1) is 0 Å². The molecular formula is C46H28O. The van der Waals surface area contributed by atoms with Crippen molar-refractivity contribution in [3.8, 4) is 44.5 Å². The van der Waals surface area contributed by atoms with E-state index in [-0.39, 0.29) is 0 Å². The van der Waals surface area contributed by atoms with Crippen LogP contribution in [0.4, 0.5) is 0 Å². The highest BCUT2D eigenvalue weighted by atomic mass is 16.3. The van der Waals surface area contributed by atoms with Gasteiger partial charge in [-0.1, -0.05) is 146 Å². The van der Waals surface area contributed by atoms with Gasteiger partial charge in [-0.15, -0.1) is 0 Å². The normalized spacial score (nSPS) is 11.8. The van der Waals surface area contributed by atoms with E-state index in [0.29, 0.717) is 0 Å². The second kappa shape index (κ2) is 10.2. The largest absolute Gasteiger partial charge is 0.455 e. The van der Waals surface area contributed by atoms with Crippen molar-refractivity contribution in [3.63, 3.8) is 0 Å². The van der Waals surface area contributed by atoms with Gasteiger partial charge in [-0.25, -0.2) is 0 Å². The van der Waals surface area contributed by atoms with Gasteiger partial charge in [0.1, 0.15) is 11.2 Å². The van der Waals surface area contributed by atoms with Gasteiger partial charge < -0.3 is 4.42 Å². The summed E-state index contributed by atoms with van der Waals surface area (Å²) in [4.78, 5) is 0. The van der Waals surface area contributed by atoms with Gasteiger partial charge in [0.2, 0.25) is 0 Å². The average molecular weight is 597 g/mol. The highest BCUT2D eigenvalue weighted by Gasteiger charge is 2.18. The summed E-state index contributed by atoms with van der Waals surface area (Å²) in [5, 5.41) is 10.0. The Kier molecular flexibility index (Phi) is 5.64. The molecule has 1 heterocycles. The first kappa shape index (κ1) is 26.1. The van der Waals surface area contributed by atoms with Gasteiger partial charge in [0.15, 0.2) is 0 Å². The minimum atomic E-state index is 0.913. The molecule has 47 heavy (non-hydrogen) atoms. The maximum Gasteiger partial charge on any atom is 0.143 e. The molecule has 0 aliphatic rings. The van der Waals surface area contributed by atoms with Crippen LogP contribution in [0.15, 0.2) is 174 Å². The van der Waals surface area contributed by atoms with Crippen molar-refractivity contribution in [2.45, 2.75) is 0 Å². The molecule has 0 N–H and O–H groups in total. The molecule has 218 valence electrons. The zero-order valence-electron chi connectivity index (χ0n) is 25.6. The highest BCUT2D eigenvalue weighted by molar-refractivity contribution is 6.27. The summed E-state index contributed by atoms with van der Waals surface area (Å²) in [5.41, 5.74) is 11.4.